The molecule has 0 aromatic rings. The summed E-state index contributed by atoms with van der Waals surface area (Å²) >= 11 is 0. The summed E-state index contributed by atoms with van der Waals surface area (Å²) in [5.74, 6) is 2.25. The van der Waals surface area contributed by atoms with Crippen molar-refractivity contribution in [3.63, 3.8) is 0 Å². The van der Waals surface area contributed by atoms with Crippen LogP contribution < -0.4 is 0 Å². The van der Waals surface area contributed by atoms with Gasteiger partial charge in [0.05, 0.1) is 5.60 Å². The van der Waals surface area contributed by atoms with Crippen molar-refractivity contribution < 1.29 is 5.11 Å². The number of rotatable bonds is 2. The highest BCUT2D eigenvalue weighted by atomic mass is 16.3. The molecule has 1 rings (SSSR count). The van der Waals surface area contributed by atoms with Crippen molar-refractivity contribution in [2.24, 2.45) is 17.8 Å². The molecule has 1 aliphatic carbocycles. The van der Waals surface area contributed by atoms with E-state index in [-0.39, 0.29) is 0 Å². The molecule has 1 aliphatic rings. The van der Waals surface area contributed by atoms with Crippen LogP contribution in [0.5, 0.6) is 0 Å². The van der Waals surface area contributed by atoms with Gasteiger partial charge in [0.2, 0.25) is 0 Å². The second-order valence-corrected chi connectivity index (χ2v) is 5.51. The molecule has 0 amide bonds. The molecular weight excluding hydrogens is 160 g/mol. The molecule has 0 aromatic carbocycles. The second-order valence-electron chi connectivity index (χ2n) is 5.51. The maximum Gasteiger partial charge on any atom is 0.0619 e. The molecule has 0 aromatic heterocycles. The van der Waals surface area contributed by atoms with Crippen LogP contribution in [0.2, 0.25) is 0 Å². The average Bonchev–Trinajstić information content (AvgIpc) is 2.03. The Morgan fingerprint density at radius 1 is 1.08 bits per heavy atom. The summed E-state index contributed by atoms with van der Waals surface area (Å²) < 4.78 is 0. The molecule has 0 aliphatic heterocycles. The molecule has 1 saturated carbocycles. The van der Waals surface area contributed by atoms with Crippen LogP contribution in [0.3, 0.4) is 0 Å². The molecule has 13 heavy (non-hydrogen) atoms. The zero-order valence-corrected chi connectivity index (χ0v) is 9.51. The van der Waals surface area contributed by atoms with Gasteiger partial charge in [-0.2, -0.15) is 0 Å². The van der Waals surface area contributed by atoms with Gasteiger partial charge < -0.3 is 5.11 Å². The summed E-state index contributed by atoms with van der Waals surface area (Å²) in [4.78, 5) is 0. The highest BCUT2D eigenvalue weighted by Gasteiger charge is 2.31. The minimum Gasteiger partial charge on any atom is -0.390 e. The van der Waals surface area contributed by atoms with Crippen molar-refractivity contribution in [2.75, 3.05) is 0 Å². The molecule has 0 unspecified atom stereocenters. The van der Waals surface area contributed by atoms with Gasteiger partial charge in [-0.15, -0.1) is 0 Å². The Morgan fingerprint density at radius 2 is 1.54 bits per heavy atom. The van der Waals surface area contributed by atoms with Gasteiger partial charge in [0.25, 0.3) is 0 Å². The van der Waals surface area contributed by atoms with E-state index < -0.39 is 5.60 Å². The van der Waals surface area contributed by atoms with Gasteiger partial charge in [0.1, 0.15) is 0 Å². The number of aliphatic hydroxyl groups is 1. The third-order valence-corrected chi connectivity index (χ3v) is 3.71. The first kappa shape index (κ1) is 11.0. The highest BCUT2D eigenvalue weighted by molar-refractivity contribution is 4.83. The summed E-state index contributed by atoms with van der Waals surface area (Å²) in [6.07, 6.45) is 5.05. The number of hydrogen-bond donors (Lipinski definition) is 1. The van der Waals surface area contributed by atoms with Gasteiger partial charge in [-0.25, -0.2) is 0 Å². The number of hydrogen-bond acceptors (Lipinski definition) is 1. The molecule has 1 N–H and O–H groups in total. The molecule has 0 heterocycles. The molecule has 78 valence electrons. The van der Waals surface area contributed by atoms with Crippen molar-refractivity contribution in [3.05, 3.63) is 0 Å². The fourth-order valence-electron chi connectivity index (χ4n) is 2.49. The minimum absolute atomic E-state index is 0.456. The maximum atomic E-state index is 9.87. The van der Waals surface area contributed by atoms with Gasteiger partial charge in [0, 0.05) is 0 Å². The predicted molar refractivity (Wildman–Crippen MR) is 56.6 cm³/mol. The third kappa shape index (κ3) is 2.98. The zero-order chi connectivity index (χ0) is 10.1. The predicted octanol–water partition coefficient (Wildman–Crippen LogP) is 3.22. The van der Waals surface area contributed by atoms with Gasteiger partial charge in [-0.05, 0) is 57.3 Å². The van der Waals surface area contributed by atoms with E-state index in [2.05, 4.69) is 13.8 Å². The lowest BCUT2D eigenvalue weighted by Gasteiger charge is -2.37. The van der Waals surface area contributed by atoms with Crippen LogP contribution in [0.1, 0.15) is 53.4 Å². The van der Waals surface area contributed by atoms with E-state index >= 15 is 0 Å². The lowest BCUT2D eigenvalue weighted by molar-refractivity contribution is -0.00902. The molecule has 0 saturated heterocycles. The van der Waals surface area contributed by atoms with Crippen LogP contribution in [-0.2, 0) is 0 Å². The lowest BCUT2D eigenvalue weighted by Crippen LogP contribution is -2.34. The largest absolute Gasteiger partial charge is 0.390 e. The summed E-state index contributed by atoms with van der Waals surface area (Å²) in [7, 11) is 0. The normalized spacial score (nSPS) is 30.9. The molecular formula is C12H24O. The van der Waals surface area contributed by atoms with E-state index in [4.69, 9.17) is 0 Å². The maximum absolute atomic E-state index is 9.87. The zero-order valence-electron chi connectivity index (χ0n) is 9.51. The molecule has 1 heteroatoms. The van der Waals surface area contributed by atoms with Crippen LogP contribution in [0.25, 0.3) is 0 Å². The van der Waals surface area contributed by atoms with Gasteiger partial charge in [0.15, 0.2) is 0 Å². The van der Waals surface area contributed by atoms with Crippen molar-refractivity contribution in [3.8, 4) is 0 Å². The monoisotopic (exact) mass is 184 g/mol. The minimum atomic E-state index is -0.456. The van der Waals surface area contributed by atoms with E-state index in [1.165, 1.54) is 25.7 Å². The average molecular weight is 184 g/mol. The third-order valence-electron chi connectivity index (χ3n) is 3.71. The molecule has 0 radical (unpaired) electrons. The van der Waals surface area contributed by atoms with Crippen LogP contribution in [-0.4, -0.2) is 10.7 Å². The van der Waals surface area contributed by atoms with E-state index in [1.54, 1.807) is 0 Å². The summed E-state index contributed by atoms with van der Waals surface area (Å²) in [5, 5.41) is 9.87. The van der Waals surface area contributed by atoms with E-state index in [9.17, 15) is 5.11 Å². The molecule has 1 nitrogen and oxygen atoms in total. The Kier molecular flexibility index (Phi) is 3.39. The van der Waals surface area contributed by atoms with E-state index in [0.29, 0.717) is 5.92 Å². The van der Waals surface area contributed by atoms with E-state index in [1.807, 2.05) is 13.8 Å². The Bertz CT molecular complexity index is 147. The Hall–Kier alpha value is -0.0400. The Labute approximate surface area is 82.5 Å². The Morgan fingerprint density at radius 3 is 1.85 bits per heavy atom. The van der Waals surface area contributed by atoms with Gasteiger partial charge in [-0.3, -0.25) is 0 Å². The fourth-order valence-corrected chi connectivity index (χ4v) is 2.49. The Balaban J connectivity index is 2.39. The summed E-state index contributed by atoms with van der Waals surface area (Å²) in [6, 6.07) is 0. The molecule has 0 atom stereocenters. The molecule has 1 fully saturated rings. The smallest absolute Gasteiger partial charge is 0.0619 e. The summed E-state index contributed by atoms with van der Waals surface area (Å²) in [5.41, 5.74) is -0.456. The quantitative estimate of drug-likeness (QED) is 0.698. The van der Waals surface area contributed by atoms with Crippen LogP contribution in [0.15, 0.2) is 0 Å². The second kappa shape index (κ2) is 4.00. The fraction of sp³-hybridized carbons (Fsp3) is 1.00. The van der Waals surface area contributed by atoms with Gasteiger partial charge >= 0.3 is 0 Å². The van der Waals surface area contributed by atoms with Crippen molar-refractivity contribution in [1.29, 1.82) is 0 Å². The molecule has 0 spiro atoms. The standard InChI is InChI=1S/C12H24O/c1-9(2)10-5-7-11(8-6-10)12(3,4)13/h9-11,13H,5-8H2,1-4H3/t10-,11+. The van der Waals surface area contributed by atoms with Crippen molar-refractivity contribution >= 4 is 0 Å². The van der Waals surface area contributed by atoms with E-state index in [0.717, 1.165) is 11.8 Å². The van der Waals surface area contributed by atoms with Crippen LogP contribution >= 0.6 is 0 Å². The lowest BCUT2D eigenvalue weighted by atomic mass is 9.72. The van der Waals surface area contributed by atoms with Crippen molar-refractivity contribution in [2.45, 2.75) is 59.0 Å². The molecule has 0 bridgehead atoms. The van der Waals surface area contributed by atoms with Crippen LogP contribution in [0.4, 0.5) is 0 Å². The summed E-state index contributed by atoms with van der Waals surface area (Å²) in [6.45, 7) is 8.53. The topological polar surface area (TPSA) is 20.2 Å². The first-order valence-electron chi connectivity index (χ1n) is 5.63. The van der Waals surface area contributed by atoms with Gasteiger partial charge in [-0.1, -0.05) is 13.8 Å². The first-order valence-corrected chi connectivity index (χ1v) is 5.63. The first-order chi connectivity index (χ1) is 5.91. The highest BCUT2D eigenvalue weighted by Crippen LogP contribution is 2.37. The van der Waals surface area contributed by atoms with Crippen LogP contribution in [0, 0.1) is 17.8 Å². The SMILES string of the molecule is CC(C)[C@H]1CC[C@@H](C(C)(C)O)CC1. The van der Waals surface area contributed by atoms with Crippen molar-refractivity contribution in [1.82, 2.24) is 0 Å².